The number of phenols is 2. The van der Waals surface area contributed by atoms with Crippen molar-refractivity contribution in [3.8, 4) is 17.2 Å². The van der Waals surface area contributed by atoms with Crippen LogP contribution in [0.2, 0.25) is 0 Å². The van der Waals surface area contributed by atoms with Crippen molar-refractivity contribution in [1.29, 1.82) is 0 Å². The summed E-state index contributed by atoms with van der Waals surface area (Å²) in [7, 11) is 0. The molecule has 0 aliphatic carbocycles. The fourth-order valence-electron chi connectivity index (χ4n) is 3.57. The van der Waals surface area contributed by atoms with Crippen LogP contribution in [0.15, 0.2) is 65.1 Å². The van der Waals surface area contributed by atoms with Crippen LogP contribution in [-0.4, -0.2) is 20.9 Å². The molecule has 2 N–H and O–H groups in total. The van der Waals surface area contributed by atoms with E-state index in [0.29, 0.717) is 5.56 Å². The largest absolute Gasteiger partial charge is 0.508 e. The molecule has 0 unspecified atom stereocenters. The normalized spacial score (nSPS) is 20.9. The summed E-state index contributed by atoms with van der Waals surface area (Å²) in [6, 6.07) is 16.7. The average molecular weight is 364 g/mol. The quantitative estimate of drug-likeness (QED) is 0.707. The van der Waals surface area contributed by atoms with Gasteiger partial charge in [0, 0.05) is 18.1 Å². The van der Waals surface area contributed by atoms with Gasteiger partial charge < -0.3 is 14.9 Å². The Labute approximate surface area is 154 Å². The lowest BCUT2D eigenvalue weighted by atomic mass is 9.97. The van der Waals surface area contributed by atoms with Crippen molar-refractivity contribution < 1.29 is 14.9 Å². The number of ether oxygens (including phenoxy) is 1. The molecular weight excluding hydrogens is 348 g/mol. The monoisotopic (exact) mass is 364 g/mol. The molecule has 0 spiro atoms. The van der Waals surface area contributed by atoms with E-state index < -0.39 is 6.23 Å². The summed E-state index contributed by atoms with van der Waals surface area (Å²) in [6.07, 6.45) is 0.240. The number of nitrogens with zero attached hydrogens (tertiary/aromatic N) is 2. The van der Waals surface area contributed by atoms with Crippen molar-refractivity contribution in [3.05, 3.63) is 76.0 Å². The Morgan fingerprint density at radius 2 is 1.92 bits per heavy atom. The summed E-state index contributed by atoms with van der Waals surface area (Å²) in [6.45, 7) is 0. The first-order valence-corrected chi connectivity index (χ1v) is 9.26. The maximum absolute atomic E-state index is 10.3. The third-order valence-electron chi connectivity index (χ3n) is 4.78. The van der Waals surface area contributed by atoms with Gasteiger partial charge in [-0.2, -0.15) is 5.10 Å². The molecule has 0 bridgehead atoms. The van der Waals surface area contributed by atoms with Gasteiger partial charge in [0.05, 0.1) is 22.2 Å². The van der Waals surface area contributed by atoms with Gasteiger partial charge >= 0.3 is 0 Å². The Bertz CT molecular complexity index is 1000. The molecule has 2 aliphatic rings. The lowest BCUT2D eigenvalue weighted by molar-refractivity contribution is -0.0203. The minimum atomic E-state index is -0.548. The number of benzene rings is 2. The van der Waals surface area contributed by atoms with Gasteiger partial charge in [0.1, 0.15) is 17.2 Å². The van der Waals surface area contributed by atoms with Crippen molar-refractivity contribution in [1.82, 2.24) is 5.01 Å². The SMILES string of the molecule is Oc1ccc([C@@H]2Oc3ccccc3[C@H]3CC(c4cccs4)=NN32)c(O)c1. The topological polar surface area (TPSA) is 65.3 Å². The van der Waals surface area contributed by atoms with Crippen LogP contribution in [-0.2, 0) is 0 Å². The van der Waals surface area contributed by atoms with Crippen molar-refractivity contribution in [2.24, 2.45) is 5.10 Å². The lowest BCUT2D eigenvalue weighted by Crippen LogP contribution is -2.33. The van der Waals surface area contributed by atoms with Gasteiger partial charge in [-0.3, -0.25) is 0 Å². The van der Waals surface area contributed by atoms with Gasteiger partial charge in [0.15, 0.2) is 0 Å². The molecule has 0 amide bonds. The molecule has 1 aromatic heterocycles. The highest BCUT2D eigenvalue weighted by Crippen LogP contribution is 2.49. The van der Waals surface area contributed by atoms with Crippen LogP contribution in [0.4, 0.5) is 0 Å². The molecule has 0 fully saturated rings. The lowest BCUT2D eigenvalue weighted by Gasteiger charge is -2.38. The highest BCUT2D eigenvalue weighted by molar-refractivity contribution is 7.12. The summed E-state index contributed by atoms with van der Waals surface area (Å²) in [5.41, 5.74) is 2.70. The van der Waals surface area contributed by atoms with Gasteiger partial charge in [-0.15, -0.1) is 11.3 Å². The number of hydrogen-bond acceptors (Lipinski definition) is 6. The molecular formula is C20H16N2O3S. The standard InChI is InChI=1S/C20H16N2O3S/c23-12-7-8-14(17(24)10-12)20-22-16(13-4-1-2-5-18(13)25-20)11-15(21-22)19-6-3-9-26-19/h1-10,16,20,23-24H,11H2/t16-,20+/m1/s1. The minimum absolute atomic E-state index is 0.00657. The fraction of sp³-hybridized carbons (Fsp3) is 0.150. The Hall–Kier alpha value is -2.99. The number of para-hydroxylation sites is 1. The molecule has 2 aliphatic heterocycles. The van der Waals surface area contributed by atoms with Gasteiger partial charge in [-0.1, -0.05) is 24.3 Å². The van der Waals surface area contributed by atoms with Crippen LogP contribution in [0.5, 0.6) is 17.2 Å². The molecule has 3 heterocycles. The number of phenolic OH excluding ortho intramolecular Hbond substituents is 2. The van der Waals surface area contributed by atoms with E-state index >= 15 is 0 Å². The zero-order valence-corrected chi connectivity index (χ0v) is 14.6. The van der Waals surface area contributed by atoms with E-state index in [1.807, 2.05) is 34.7 Å². The predicted molar refractivity (Wildman–Crippen MR) is 99.6 cm³/mol. The molecule has 0 saturated heterocycles. The van der Waals surface area contributed by atoms with Crippen LogP contribution in [0.1, 0.15) is 34.7 Å². The Balaban J connectivity index is 1.63. The molecule has 6 heteroatoms. The molecule has 0 saturated carbocycles. The summed E-state index contributed by atoms with van der Waals surface area (Å²) in [5, 5.41) is 28.8. The zero-order chi connectivity index (χ0) is 17.7. The first kappa shape index (κ1) is 15.3. The second-order valence-electron chi connectivity index (χ2n) is 6.38. The highest BCUT2D eigenvalue weighted by atomic mass is 32.1. The fourth-order valence-corrected chi connectivity index (χ4v) is 4.29. The highest BCUT2D eigenvalue weighted by Gasteiger charge is 2.41. The van der Waals surface area contributed by atoms with Crippen LogP contribution in [0.25, 0.3) is 0 Å². The van der Waals surface area contributed by atoms with Gasteiger partial charge in [0.25, 0.3) is 0 Å². The van der Waals surface area contributed by atoms with E-state index in [1.165, 1.54) is 6.07 Å². The van der Waals surface area contributed by atoms with E-state index in [4.69, 9.17) is 9.84 Å². The number of rotatable bonds is 2. The maximum Gasteiger partial charge on any atom is 0.217 e. The van der Waals surface area contributed by atoms with Crippen LogP contribution < -0.4 is 4.74 Å². The number of aromatic hydroxyl groups is 2. The second kappa shape index (κ2) is 5.78. The molecule has 5 nitrogen and oxygen atoms in total. The van der Waals surface area contributed by atoms with E-state index in [2.05, 4.69) is 12.1 Å². The summed E-state index contributed by atoms with van der Waals surface area (Å²) in [4.78, 5) is 1.14. The summed E-state index contributed by atoms with van der Waals surface area (Å²) in [5.74, 6) is 0.810. The number of thiophene rings is 1. The van der Waals surface area contributed by atoms with E-state index in [0.717, 1.165) is 28.3 Å². The number of hydrogen-bond donors (Lipinski definition) is 2. The van der Waals surface area contributed by atoms with Crippen LogP contribution in [0.3, 0.4) is 0 Å². The predicted octanol–water partition coefficient (Wildman–Crippen LogP) is 4.40. The minimum Gasteiger partial charge on any atom is -0.508 e. The van der Waals surface area contributed by atoms with Gasteiger partial charge in [0.2, 0.25) is 6.23 Å². The van der Waals surface area contributed by atoms with Crippen LogP contribution >= 0.6 is 11.3 Å². The average Bonchev–Trinajstić information content (AvgIpc) is 3.31. The Kier molecular flexibility index (Phi) is 3.39. The summed E-state index contributed by atoms with van der Waals surface area (Å²) < 4.78 is 6.20. The van der Waals surface area contributed by atoms with Gasteiger partial charge in [-0.05, 0) is 29.6 Å². The van der Waals surface area contributed by atoms with Gasteiger partial charge in [-0.25, -0.2) is 5.01 Å². The van der Waals surface area contributed by atoms with E-state index in [9.17, 15) is 10.2 Å². The third-order valence-corrected chi connectivity index (χ3v) is 5.70. The molecule has 5 rings (SSSR count). The molecule has 130 valence electrons. The maximum atomic E-state index is 10.3. The summed E-state index contributed by atoms with van der Waals surface area (Å²) >= 11 is 1.67. The Morgan fingerprint density at radius 1 is 1.04 bits per heavy atom. The van der Waals surface area contributed by atoms with Crippen LogP contribution in [0, 0.1) is 0 Å². The molecule has 3 aromatic rings. The second-order valence-corrected chi connectivity index (χ2v) is 7.32. The molecule has 26 heavy (non-hydrogen) atoms. The zero-order valence-electron chi connectivity index (χ0n) is 13.7. The first-order valence-electron chi connectivity index (χ1n) is 8.38. The molecule has 0 radical (unpaired) electrons. The van der Waals surface area contributed by atoms with E-state index in [-0.39, 0.29) is 17.5 Å². The first-order chi connectivity index (χ1) is 12.7. The Morgan fingerprint density at radius 3 is 2.73 bits per heavy atom. The number of hydrazone groups is 1. The molecule has 2 aromatic carbocycles. The van der Waals surface area contributed by atoms with E-state index in [1.54, 1.807) is 23.5 Å². The molecule has 2 atom stereocenters. The van der Waals surface area contributed by atoms with Crippen molar-refractivity contribution >= 4 is 17.0 Å². The number of fused-ring (bicyclic) bond motifs is 3. The van der Waals surface area contributed by atoms with Crippen molar-refractivity contribution in [3.63, 3.8) is 0 Å². The van der Waals surface area contributed by atoms with Crippen molar-refractivity contribution in [2.45, 2.75) is 18.7 Å². The smallest absolute Gasteiger partial charge is 0.217 e. The van der Waals surface area contributed by atoms with Crippen molar-refractivity contribution in [2.75, 3.05) is 0 Å². The third kappa shape index (κ3) is 2.34.